The number of halogens is 2. The zero-order valence-electron chi connectivity index (χ0n) is 19.1. The number of nitrogens with zero attached hydrogens (tertiary/aromatic N) is 2. The molecule has 6 rings (SSSR count). The first-order chi connectivity index (χ1) is 17.1. The van der Waals surface area contributed by atoms with Crippen LogP contribution in [-0.4, -0.2) is 37.7 Å². The van der Waals surface area contributed by atoms with E-state index < -0.39 is 40.9 Å². The molecule has 1 unspecified atom stereocenters. The number of aromatic nitrogens is 2. The number of aliphatic hydroxyl groups excluding tert-OH is 1. The van der Waals surface area contributed by atoms with Crippen molar-refractivity contribution in [1.29, 1.82) is 0 Å². The van der Waals surface area contributed by atoms with E-state index in [-0.39, 0.29) is 47.7 Å². The lowest BCUT2D eigenvalue weighted by molar-refractivity contribution is -0.172. The summed E-state index contributed by atoms with van der Waals surface area (Å²) < 4.78 is 21.3. The van der Waals surface area contributed by atoms with Gasteiger partial charge in [-0.2, -0.15) is 0 Å². The standard InChI is InChI=1S/C25H21ClFN3O6/c1-2-25(35)13-5-16-20-11(7-30(16)23(33)12(13)8-36-24(25)34)17-10(21(31)22(28)32)4-3-9-18(17)15(29-20)6-14(27)19(9)26/h5-6,10,21,31,35H,2-4,7-8H2,1H3,(H2,28,32)/t10-,21?,25-/m0/s1. The Bertz CT molecular complexity index is 1600. The van der Waals surface area contributed by atoms with Crippen LogP contribution in [0.4, 0.5) is 4.39 Å². The van der Waals surface area contributed by atoms with Gasteiger partial charge in [0.05, 0.1) is 34.0 Å². The minimum Gasteiger partial charge on any atom is -0.458 e. The minimum atomic E-state index is -1.99. The average molecular weight is 514 g/mol. The second-order valence-electron chi connectivity index (χ2n) is 9.49. The molecule has 0 saturated heterocycles. The number of hydrogen-bond acceptors (Lipinski definition) is 7. The molecule has 4 heterocycles. The summed E-state index contributed by atoms with van der Waals surface area (Å²) in [7, 11) is 0. The highest BCUT2D eigenvalue weighted by atomic mass is 35.5. The lowest BCUT2D eigenvalue weighted by Crippen LogP contribution is -2.44. The fourth-order valence-electron chi connectivity index (χ4n) is 5.90. The van der Waals surface area contributed by atoms with Crippen LogP contribution in [0.15, 0.2) is 16.9 Å². The van der Waals surface area contributed by atoms with Gasteiger partial charge in [0, 0.05) is 28.5 Å². The van der Waals surface area contributed by atoms with Gasteiger partial charge in [0.25, 0.3) is 5.56 Å². The van der Waals surface area contributed by atoms with E-state index in [0.29, 0.717) is 39.9 Å². The smallest absolute Gasteiger partial charge is 0.343 e. The zero-order valence-corrected chi connectivity index (χ0v) is 19.9. The zero-order chi connectivity index (χ0) is 25.7. The Hall–Kier alpha value is -3.34. The molecule has 186 valence electrons. The van der Waals surface area contributed by atoms with E-state index in [4.69, 9.17) is 22.1 Å². The predicted molar refractivity (Wildman–Crippen MR) is 126 cm³/mol. The van der Waals surface area contributed by atoms with E-state index in [1.165, 1.54) is 10.6 Å². The summed E-state index contributed by atoms with van der Waals surface area (Å²) in [5, 5.41) is 22.3. The Balaban J connectivity index is 1.70. The number of ether oxygens (including phenoxy) is 1. The number of nitrogens with two attached hydrogens (primary N) is 1. The number of fused-ring (bicyclic) bond motifs is 5. The molecule has 9 nitrogen and oxygen atoms in total. The van der Waals surface area contributed by atoms with Crippen LogP contribution in [-0.2, 0) is 39.5 Å². The number of cyclic esters (lactones) is 1. The molecular weight excluding hydrogens is 493 g/mol. The van der Waals surface area contributed by atoms with Crippen LogP contribution in [0.2, 0.25) is 5.02 Å². The van der Waals surface area contributed by atoms with E-state index in [0.717, 1.165) is 0 Å². The number of rotatable bonds is 3. The number of amides is 1. The quantitative estimate of drug-likeness (QED) is 0.354. The Kier molecular flexibility index (Phi) is 4.86. The molecule has 1 amide bonds. The number of primary amides is 1. The first-order valence-corrected chi connectivity index (χ1v) is 11.9. The lowest BCUT2D eigenvalue weighted by atomic mass is 9.76. The van der Waals surface area contributed by atoms with Gasteiger partial charge in [0.15, 0.2) is 5.60 Å². The predicted octanol–water partition coefficient (Wildman–Crippen LogP) is 1.75. The fourth-order valence-corrected chi connectivity index (χ4v) is 6.15. The lowest BCUT2D eigenvalue weighted by Gasteiger charge is -2.31. The highest BCUT2D eigenvalue weighted by molar-refractivity contribution is 6.32. The van der Waals surface area contributed by atoms with Gasteiger partial charge in [-0.1, -0.05) is 18.5 Å². The maximum Gasteiger partial charge on any atom is 0.343 e. The molecule has 0 fully saturated rings. The second-order valence-corrected chi connectivity index (χ2v) is 9.87. The summed E-state index contributed by atoms with van der Waals surface area (Å²) in [6, 6.07) is 2.73. The van der Waals surface area contributed by atoms with E-state index in [1.54, 1.807) is 13.0 Å². The number of aliphatic hydroxyl groups is 2. The molecule has 4 N–H and O–H groups in total. The minimum absolute atomic E-state index is 0.00900. The molecule has 0 bridgehead atoms. The average Bonchev–Trinajstić information content (AvgIpc) is 3.23. The van der Waals surface area contributed by atoms with Gasteiger partial charge in [-0.15, -0.1) is 0 Å². The molecule has 3 atom stereocenters. The van der Waals surface area contributed by atoms with Gasteiger partial charge in [-0.05, 0) is 36.5 Å². The molecule has 0 saturated carbocycles. The molecule has 2 aliphatic heterocycles. The van der Waals surface area contributed by atoms with E-state index >= 15 is 0 Å². The van der Waals surface area contributed by atoms with Crippen molar-refractivity contribution < 1.29 is 28.9 Å². The summed E-state index contributed by atoms with van der Waals surface area (Å²) in [6.07, 6.45) is -0.933. The van der Waals surface area contributed by atoms with Gasteiger partial charge in [-0.25, -0.2) is 14.2 Å². The van der Waals surface area contributed by atoms with Crippen LogP contribution < -0.4 is 11.3 Å². The van der Waals surface area contributed by atoms with Crippen molar-refractivity contribution in [3.8, 4) is 11.4 Å². The van der Waals surface area contributed by atoms with Crippen LogP contribution in [0.1, 0.15) is 53.5 Å². The number of carbonyl (C=O) groups excluding carboxylic acids is 2. The Morgan fingerprint density at radius 1 is 1.36 bits per heavy atom. The van der Waals surface area contributed by atoms with Crippen molar-refractivity contribution in [1.82, 2.24) is 9.55 Å². The van der Waals surface area contributed by atoms with Crippen LogP contribution in [0.25, 0.3) is 22.3 Å². The summed E-state index contributed by atoms with van der Waals surface area (Å²) in [5.41, 5.74) is 5.88. The van der Waals surface area contributed by atoms with E-state index in [1.807, 2.05) is 0 Å². The van der Waals surface area contributed by atoms with E-state index in [9.17, 15) is 29.0 Å². The van der Waals surface area contributed by atoms with Crippen molar-refractivity contribution in [3.63, 3.8) is 0 Å². The maximum absolute atomic E-state index is 14.7. The number of benzene rings is 1. The van der Waals surface area contributed by atoms with Crippen molar-refractivity contribution >= 4 is 34.4 Å². The Morgan fingerprint density at radius 2 is 2.11 bits per heavy atom. The molecule has 1 aliphatic carbocycles. The molecule has 3 aromatic rings. The molecule has 3 aliphatic rings. The highest BCUT2D eigenvalue weighted by Gasteiger charge is 2.46. The van der Waals surface area contributed by atoms with Crippen LogP contribution in [0.5, 0.6) is 0 Å². The largest absolute Gasteiger partial charge is 0.458 e. The Morgan fingerprint density at radius 3 is 2.81 bits per heavy atom. The number of pyridine rings is 2. The third kappa shape index (κ3) is 2.83. The molecule has 11 heteroatoms. The van der Waals surface area contributed by atoms with Crippen molar-refractivity contribution in [2.24, 2.45) is 5.73 Å². The van der Waals surface area contributed by atoms with Gasteiger partial charge in [0.2, 0.25) is 5.91 Å². The summed E-state index contributed by atoms with van der Waals surface area (Å²) in [5.74, 6) is -3.11. The molecule has 36 heavy (non-hydrogen) atoms. The van der Waals surface area contributed by atoms with E-state index in [2.05, 4.69) is 4.98 Å². The Labute approximate surface area is 208 Å². The third-order valence-corrected chi connectivity index (χ3v) is 8.17. The van der Waals surface area contributed by atoms with Gasteiger partial charge >= 0.3 is 5.97 Å². The van der Waals surface area contributed by atoms with Crippen LogP contribution >= 0.6 is 11.6 Å². The molecule has 0 radical (unpaired) electrons. The number of esters is 1. The van der Waals surface area contributed by atoms with Crippen molar-refractivity contribution in [2.75, 3.05) is 0 Å². The first-order valence-electron chi connectivity index (χ1n) is 11.6. The SMILES string of the molecule is CC[C@@]1(O)C(=O)OCc2c1cc1n(c2=O)Cc2c-1nc1cc(F)c(Cl)c3c1c2[C@@H](C(O)C(N)=O)CC3. The molecule has 2 aromatic heterocycles. The van der Waals surface area contributed by atoms with Gasteiger partial charge < -0.3 is 25.3 Å². The summed E-state index contributed by atoms with van der Waals surface area (Å²) in [6.45, 7) is 1.39. The third-order valence-electron chi connectivity index (χ3n) is 7.76. The van der Waals surface area contributed by atoms with Gasteiger partial charge in [-0.3, -0.25) is 9.59 Å². The molecular formula is C25H21ClFN3O6. The molecule has 1 aromatic carbocycles. The monoisotopic (exact) mass is 513 g/mol. The van der Waals surface area contributed by atoms with Crippen LogP contribution in [0.3, 0.4) is 0 Å². The molecule has 0 spiro atoms. The van der Waals surface area contributed by atoms with Gasteiger partial charge in [0.1, 0.15) is 18.5 Å². The summed E-state index contributed by atoms with van der Waals surface area (Å²) in [4.78, 5) is 42.6. The summed E-state index contributed by atoms with van der Waals surface area (Å²) >= 11 is 6.29. The van der Waals surface area contributed by atoms with Crippen LogP contribution in [0, 0.1) is 5.82 Å². The number of aryl methyl sites for hydroxylation is 1. The normalized spacial score (nSPS) is 22.6. The maximum atomic E-state index is 14.7. The first kappa shape index (κ1) is 23.1. The van der Waals surface area contributed by atoms with Crippen molar-refractivity contribution in [2.45, 2.75) is 57.0 Å². The topological polar surface area (TPSA) is 145 Å². The number of hydrogen-bond donors (Lipinski definition) is 3. The second kappa shape index (κ2) is 7.58. The highest BCUT2D eigenvalue weighted by Crippen LogP contribution is 2.48. The van der Waals surface area contributed by atoms with Crippen molar-refractivity contribution in [3.05, 3.63) is 61.1 Å². The number of carbonyl (C=O) groups is 2. The fraction of sp³-hybridized carbons (Fsp3) is 0.360.